The topological polar surface area (TPSA) is 18.5 Å². The first kappa shape index (κ1) is 37.1. The van der Waals surface area contributed by atoms with E-state index < -0.39 is 0 Å². The summed E-state index contributed by atoms with van der Waals surface area (Å²) in [5.41, 5.74) is 8.10. The normalized spacial score (nSPS) is 12.5. The monoisotopic (exact) mass is 824 g/mol. The molecular formula is C47H48HfO2. The third kappa shape index (κ3) is 9.31. The van der Waals surface area contributed by atoms with Crippen molar-refractivity contribution in [3.63, 3.8) is 0 Å². The average molecular weight is 823 g/mol. The number of hydrogen-bond donors (Lipinski definition) is 0. The van der Waals surface area contributed by atoms with Crippen LogP contribution in [0.15, 0.2) is 133 Å². The van der Waals surface area contributed by atoms with Crippen molar-refractivity contribution < 1.29 is 33.4 Å². The van der Waals surface area contributed by atoms with Gasteiger partial charge in [-0.1, -0.05) is 95.5 Å². The fourth-order valence-corrected chi connectivity index (χ4v) is 7.10. The molecule has 0 unspecified atom stereocenters. The molecular weight excluding hydrogens is 775 g/mol. The van der Waals surface area contributed by atoms with Crippen LogP contribution in [-0.2, 0) is 34.7 Å². The Hall–Kier alpha value is -4.21. The maximum atomic E-state index is 5.21. The summed E-state index contributed by atoms with van der Waals surface area (Å²) < 4.78 is 11.9. The Kier molecular flexibility index (Phi) is 12.0. The van der Waals surface area contributed by atoms with Crippen LogP contribution in [0.4, 0.5) is 0 Å². The van der Waals surface area contributed by atoms with Gasteiger partial charge in [0.15, 0.2) is 0 Å². The second-order valence-electron chi connectivity index (χ2n) is 14.7. The summed E-state index contributed by atoms with van der Waals surface area (Å²) >= 11 is 1.08. The third-order valence-electron chi connectivity index (χ3n) is 8.92. The standard InChI is InChI=1S/C21H25.C13H13O2.C13H10.Hf/c1-20(2,3)16-7-9-18-14(12-16)11-15-13-17(21(4,5)6)8-10-19(15)18;1-14-12-7-11(8-13(9-12)15-2)10-5-3-4-6-10;1-3-7-12(8-4-1)11-13-9-5-2-6-10-13;/h7-13H,1-6H3;3,5,7-9H,4H2,1-2H3;1-10H;/q2*-1;;+2. The van der Waals surface area contributed by atoms with Crippen molar-refractivity contribution in [1.82, 2.24) is 0 Å². The number of methoxy groups -OCH3 is 2. The predicted octanol–water partition coefficient (Wildman–Crippen LogP) is 12.0. The van der Waals surface area contributed by atoms with Crippen LogP contribution in [0, 0.1) is 6.08 Å². The summed E-state index contributed by atoms with van der Waals surface area (Å²) in [5, 5.41) is 5.48. The molecule has 0 radical (unpaired) electrons. The molecule has 6 aromatic carbocycles. The van der Waals surface area contributed by atoms with E-state index in [4.69, 9.17) is 9.47 Å². The van der Waals surface area contributed by atoms with Crippen molar-refractivity contribution in [2.75, 3.05) is 14.2 Å². The van der Waals surface area contributed by atoms with Crippen molar-refractivity contribution in [3.8, 4) is 11.5 Å². The Labute approximate surface area is 313 Å². The van der Waals surface area contributed by atoms with Gasteiger partial charge in [0.1, 0.15) is 11.5 Å². The molecule has 7 rings (SSSR count). The first-order valence-corrected chi connectivity index (χ1v) is 19.0. The van der Waals surface area contributed by atoms with E-state index in [1.807, 2.05) is 18.2 Å². The van der Waals surface area contributed by atoms with Gasteiger partial charge in [-0.2, -0.15) is 17.7 Å². The van der Waals surface area contributed by atoms with Crippen LogP contribution in [0.3, 0.4) is 0 Å². The van der Waals surface area contributed by atoms with Crippen LogP contribution in [0.5, 0.6) is 11.5 Å². The number of benzene rings is 5. The molecule has 0 fully saturated rings. The molecule has 0 saturated heterocycles. The van der Waals surface area contributed by atoms with Gasteiger partial charge in [0.25, 0.3) is 0 Å². The van der Waals surface area contributed by atoms with Crippen molar-refractivity contribution in [2.24, 2.45) is 0 Å². The molecule has 0 aliphatic heterocycles. The number of rotatable bonds is 5. The molecule has 3 heteroatoms. The van der Waals surface area contributed by atoms with Crippen LogP contribution in [0.2, 0.25) is 0 Å². The molecule has 252 valence electrons. The summed E-state index contributed by atoms with van der Waals surface area (Å²) in [6.07, 6.45) is 8.30. The van der Waals surface area contributed by atoms with E-state index in [0.29, 0.717) is 0 Å². The van der Waals surface area contributed by atoms with Gasteiger partial charge < -0.3 is 9.47 Å². The van der Waals surface area contributed by atoms with Crippen molar-refractivity contribution in [2.45, 2.75) is 58.8 Å². The predicted molar refractivity (Wildman–Crippen MR) is 210 cm³/mol. The first-order valence-electron chi connectivity index (χ1n) is 17.2. The fourth-order valence-electron chi connectivity index (χ4n) is 5.90. The van der Waals surface area contributed by atoms with Crippen LogP contribution >= 0.6 is 0 Å². The number of fused-ring (bicyclic) bond motifs is 3. The molecule has 6 aromatic rings. The first-order chi connectivity index (χ1) is 23.9. The van der Waals surface area contributed by atoms with Gasteiger partial charge in [-0.15, -0.1) is 51.4 Å². The van der Waals surface area contributed by atoms with Gasteiger partial charge in [-0.05, 0) is 10.8 Å². The van der Waals surface area contributed by atoms with E-state index in [2.05, 4.69) is 163 Å². The van der Waals surface area contributed by atoms with Crippen molar-refractivity contribution in [1.29, 1.82) is 0 Å². The Bertz CT molecular complexity index is 1990. The molecule has 0 amide bonds. The van der Waals surface area contributed by atoms with Gasteiger partial charge in [-0.25, -0.2) is 0 Å². The quantitative estimate of drug-likeness (QED) is 0.127. The van der Waals surface area contributed by atoms with Crippen molar-refractivity contribution >= 4 is 30.4 Å². The molecule has 0 N–H and O–H groups in total. The summed E-state index contributed by atoms with van der Waals surface area (Å²) in [7, 11) is 3.31. The number of ether oxygens (including phenoxy) is 2. The number of hydrogen-bond acceptors (Lipinski definition) is 2. The molecule has 0 bridgehead atoms. The van der Waals surface area contributed by atoms with Gasteiger partial charge >= 0.3 is 98.9 Å². The van der Waals surface area contributed by atoms with Crippen LogP contribution in [-0.4, -0.2) is 17.5 Å². The summed E-state index contributed by atoms with van der Waals surface area (Å²) in [4.78, 5) is 0. The fraction of sp³-hybridized carbons (Fsp3) is 0.234. The summed E-state index contributed by atoms with van der Waals surface area (Å²) in [6.45, 7) is 13.6. The van der Waals surface area contributed by atoms with Crippen molar-refractivity contribution in [3.05, 3.63) is 167 Å². The van der Waals surface area contributed by atoms with Gasteiger partial charge in [-0.3, -0.25) is 0 Å². The van der Waals surface area contributed by atoms with E-state index in [-0.39, 0.29) is 10.8 Å². The number of allylic oxidation sites excluding steroid dienone is 4. The zero-order valence-corrected chi connectivity index (χ0v) is 34.3. The third-order valence-corrected chi connectivity index (χ3v) is 11.0. The molecule has 0 spiro atoms. The Morgan fingerprint density at radius 3 is 1.46 bits per heavy atom. The molecule has 0 heterocycles. The summed E-state index contributed by atoms with van der Waals surface area (Å²) in [6, 6.07) is 43.2. The average Bonchev–Trinajstić information content (AvgIpc) is 3.80. The van der Waals surface area contributed by atoms with Crippen LogP contribution in [0.25, 0.3) is 27.1 Å². The maximum absolute atomic E-state index is 5.21. The molecule has 0 atom stereocenters. The molecule has 0 saturated carbocycles. The minimum absolute atomic E-state index is 0.203. The molecule has 2 nitrogen and oxygen atoms in total. The van der Waals surface area contributed by atoms with Gasteiger partial charge in [0, 0.05) is 6.07 Å². The molecule has 0 aromatic heterocycles. The second kappa shape index (κ2) is 16.2. The Balaban J connectivity index is 0.000000150. The Morgan fingerprint density at radius 2 is 1.08 bits per heavy atom. The minimum atomic E-state index is 0.203. The van der Waals surface area contributed by atoms with Gasteiger partial charge in [0.05, 0.1) is 14.2 Å². The second-order valence-corrected chi connectivity index (χ2v) is 16.5. The summed E-state index contributed by atoms with van der Waals surface area (Å²) in [5.74, 6) is 1.61. The zero-order valence-electron chi connectivity index (χ0n) is 30.7. The van der Waals surface area contributed by atoms with E-state index in [9.17, 15) is 0 Å². The van der Waals surface area contributed by atoms with Crippen LogP contribution in [0.1, 0.15) is 75.8 Å². The SMILES string of the molecule is CC(C)(C)c1ccc2c(c1)[cH-]c1cc(C(C)(C)C)ccc12.COc1cc(OC)cc(C2=[C-]CC=C2)c1.[Hf+2]=[C](c1ccccc1)c1ccccc1. The van der Waals surface area contributed by atoms with Gasteiger partial charge in [0.2, 0.25) is 0 Å². The van der Waals surface area contributed by atoms with E-state index in [1.165, 1.54) is 47.1 Å². The molecule has 50 heavy (non-hydrogen) atoms. The van der Waals surface area contributed by atoms with E-state index >= 15 is 0 Å². The van der Waals surface area contributed by atoms with E-state index in [0.717, 1.165) is 52.9 Å². The Morgan fingerprint density at radius 1 is 0.620 bits per heavy atom. The zero-order chi connectivity index (χ0) is 35.9. The molecule has 1 aliphatic carbocycles. The molecule has 1 aliphatic rings. The van der Waals surface area contributed by atoms with Crippen LogP contribution < -0.4 is 9.47 Å². The van der Waals surface area contributed by atoms with E-state index in [1.54, 1.807) is 14.2 Å².